The molecule has 3 aromatic rings. The van der Waals surface area contributed by atoms with Crippen LogP contribution in [0.25, 0.3) is 28.0 Å². The lowest BCUT2D eigenvalue weighted by Gasteiger charge is -2.38. The molecule has 2 aromatic heterocycles. The summed E-state index contributed by atoms with van der Waals surface area (Å²) >= 11 is 19.0. The minimum absolute atomic E-state index is 0.0158. The molecular formula is C32H29Cl3F2N6O3. The molecule has 1 aromatic carbocycles. The van der Waals surface area contributed by atoms with Gasteiger partial charge in [0.2, 0.25) is 5.91 Å². The monoisotopic (exact) mass is 688 g/mol. The molecule has 9 nitrogen and oxygen atoms in total. The fourth-order valence-electron chi connectivity index (χ4n) is 6.13. The van der Waals surface area contributed by atoms with Crippen molar-refractivity contribution >= 4 is 63.1 Å². The molecule has 0 aliphatic carbocycles. The number of carbonyl (C=O) groups is 1. The third-order valence-electron chi connectivity index (χ3n) is 8.30. The number of aromatic nitrogens is 2. The number of allylic oxidation sites excluding steroid dienone is 2. The Bertz CT molecular complexity index is 1950. The molecule has 240 valence electrons. The number of carbonyl (C=O) groups excluding carboxylic acids is 1. The van der Waals surface area contributed by atoms with Crippen molar-refractivity contribution in [1.29, 1.82) is 5.26 Å². The number of phenolic OH excluding ortho intramolecular Hbond substituents is 1. The van der Waals surface area contributed by atoms with Gasteiger partial charge in [-0.3, -0.25) is 14.2 Å². The highest BCUT2D eigenvalue weighted by atomic mass is 35.5. The number of rotatable bonds is 5. The van der Waals surface area contributed by atoms with Gasteiger partial charge in [-0.15, -0.1) is 0 Å². The zero-order chi connectivity index (χ0) is 33.8. The molecule has 4 heterocycles. The second kappa shape index (κ2) is 12.6. The first-order valence-corrected chi connectivity index (χ1v) is 15.4. The fourth-order valence-corrected chi connectivity index (χ4v) is 6.82. The van der Waals surface area contributed by atoms with E-state index in [-0.39, 0.29) is 58.6 Å². The fraction of sp³-hybridized carbons (Fsp3) is 0.312. The molecule has 14 heteroatoms. The number of anilines is 1. The van der Waals surface area contributed by atoms with Crippen molar-refractivity contribution in [3.05, 3.63) is 79.2 Å². The SMILES string of the molecule is C=CC(=O)N1CCN(c2c(C#N)c(=O)n(C3=C(C)C=CN(C)[C@@H]3C(C)C)c3nc(-c4c(F)c(O)c(F)c(Cl)c4Cl)c(Cl)cc23)CC1. The number of fused-ring (bicyclic) bond motifs is 1. The normalized spacial score (nSPS) is 16.9. The number of halogens is 5. The highest BCUT2D eigenvalue weighted by Crippen LogP contribution is 2.45. The molecule has 0 bridgehead atoms. The van der Waals surface area contributed by atoms with Crippen molar-refractivity contribution in [3.63, 3.8) is 0 Å². The zero-order valence-electron chi connectivity index (χ0n) is 25.3. The van der Waals surface area contributed by atoms with Gasteiger partial charge >= 0.3 is 0 Å². The van der Waals surface area contributed by atoms with Crippen LogP contribution in [-0.2, 0) is 4.79 Å². The highest BCUT2D eigenvalue weighted by molar-refractivity contribution is 6.44. The van der Waals surface area contributed by atoms with E-state index in [1.165, 1.54) is 16.7 Å². The molecule has 1 amide bonds. The van der Waals surface area contributed by atoms with Crippen LogP contribution in [0.4, 0.5) is 14.5 Å². The van der Waals surface area contributed by atoms with Gasteiger partial charge in [-0.25, -0.2) is 13.8 Å². The minimum Gasteiger partial charge on any atom is -0.503 e. The summed E-state index contributed by atoms with van der Waals surface area (Å²) in [5.74, 6) is -4.53. The average molecular weight is 690 g/mol. The van der Waals surface area contributed by atoms with Crippen molar-refractivity contribution in [2.24, 2.45) is 5.92 Å². The second-order valence-electron chi connectivity index (χ2n) is 11.4. The summed E-state index contributed by atoms with van der Waals surface area (Å²) in [6, 6.07) is 3.17. The van der Waals surface area contributed by atoms with Gasteiger partial charge in [-0.1, -0.05) is 55.2 Å². The standard InChI is InChI=1S/C32H29Cl3F2N6O3/c1-6-20(44)41-9-11-42(12-10-41)29-17-13-19(33)26(21-22(34)23(35)25(37)30(45)24(21)36)39-31(17)43(32(46)18(29)14-38)28-16(4)7-8-40(5)27(28)15(2)3/h6-8,13,15,27,45H,1,9-12H2,2-5H3/t27-/m1/s1. The Labute approximate surface area is 278 Å². The maximum Gasteiger partial charge on any atom is 0.276 e. The van der Waals surface area contributed by atoms with Gasteiger partial charge < -0.3 is 19.8 Å². The molecule has 1 atom stereocenters. The first kappa shape index (κ1) is 33.3. The number of phenols is 1. The van der Waals surface area contributed by atoms with Crippen LogP contribution in [0.5, 0.6) is 5.75 Å². The van der Waals surface area contributed by atoms with E-state index in [1.54, 1.807) is 9.80 Å². The number of nitrogens with zero attached hydrogens (tertiary/aromatic N) is 6. The Morgan fingerprint density at radius 3 is 2.41 bits per heavy atom. The first-order chi connectivity index (χ1) is 21.7. The van der Waals surface area contributed by atoms with Gasteiger partial charge in [0.05, 0.1) is 43.8 Å². The summed E-state index contributed by atoms with van der Waals surface area (Å²) in [6.07, 6.45) is 4.93. The zero-order valence-corrected chi connectivity index (χ0v) is 27.6. The molecule has 0 spiro atoms. The number of benzene rings is 1. The second-order valence-corrected chi connectivity index (χ2v) is 12.6. The van der Waals surface area contributed by atoms with E-state index < -0.39 is 38.6 Å². The molecule has 2 aliphatic heterocycles. The van der Waals surface area contributed by atoms with E-state index in [2.05, 4.69) is 17.6 Å². The lowest BCUT2D eigenvalue weighted by Crippen LogP contribution is -2.49. The molecule has 2 aliphatic rings. The number of hydrogen-bond acceptors (Lipinski definition) is 7. The van der Waals surface area contributed by atoms with Gasteiger partial charge in [0.25, 0.3) is 5.56 Å². The van der Waals surface area contributed by atoms with Gasteiger partial charge in [0.15, 0.2) is 17.4 Å². The Balaban J connectivity index is 1.91. The van der Waals surface area contributed by atoms with Crippen LogP contribution in [0.1, 0.15) is 26.3 Å². The molecule has 1 N–H and O–H groups in total. The summed E-state index contributed by atoms with van der Waals surface area (Å²) in [5.41, 5.74) is -0.203. The summed E-state index contributed by atoms with van der Waals surface area (Å²) in [5, 5.41) is 19.4. The van der Waals surface area contributed by atoms with Crippen LogP contribution in [-0.4, -0.2) is 69.6 Å². The van der Waals surface area contributed by atoms with E-state index in [9.17, 15) is 24.3 Å². The summed E-state index contributed by atoms with van der Waals surface area (Å²) < 4.78 is 31.2. The summed E-state index contributed by atoms with van der Waals surface area (Å²) in [4.78, 5) is 36.8. The van der Waals surface area contributed by atoms with Gasteiger partial charge in [-0.2, -0.15) is 5.26 Å². The first-order valence-electron chi connectivity index (χ1n) is 14.3. The highest BCUT2D eigenvalue weighted by Gasteiger charge is 2.34. The van der Waals surface area contributed by atoms with Crippen molar-refractivity contribution in [1.82, 2.24) is 19.4 Å². The van der Waals surface area contributed by atoms with Crippen molar-refractivity contribution in [2.45, 2.75) is 26.8 Å². The third kappa shape index (κ3) is 5.28. The van der Waals surface area contributed by atoms with Crippen LogP contribution >= 0.6 is 34.8 Å². The smallest absolute Gasteiger partial charge is 0.276 e. The molecular weight excluding hydrogens is 661 g/mol. The molecule has 1 fully saturated rings. The average Bonchev–Trinajstić information content (AvgIpc) is 3.03. The molecule has 0 saturated carbocycles. The topological polar surface area (TPSA) is 106 Å². The number of nitriles is 1. The van der Waals surface area contributed by atoms with E-state index in [0.29, 0.717) is 24.2 Å². The maximum atomic E-state index is 15.5. The summed E-state index contributed by atoms with van der Waals surface area (Å²) in [7, 11) is 1.86. The van der Waals surface area contributed by atoms with Crippen LogP contribution < -0.4 is 10.5 Å². The van der Waals surface area contributed by atoms with Crippen LogP contribution in [0, 0.1) is 28.9 Å². The largest absolute Gasteiger partial charge is 0.503 e. The Hall–Kier alpha value is -4.11. The number of hydrogen-bond donors (Lipinski definition) is 1. The Morgan fingerprint density at radius 2 is 1.83 bits per heavy atom. The van der Waals surface area contributed by atoms with Crippen LogP contribution in [0.3, 0.4) is 0 Å². The van der Waals surface area contributed by atoms with Crippen LogP contribution in [0.15, 0.2) is 41.4 Å². The molecule has 5 rings (SSSR count). The molecule has 0 unspecified atom stereocenters. The number of aromatic hydroxyl groups is 1. The third-order valence-corrected chi connectivity index (χ3v) is 9.42. The van der Waals surface area contributed by atoms with Crippen LogP contribution in [0.2, 0.25) is 15.1 Å². The predicted molar refractivity (Wildman–Crippen MR) is 176 cm³/mol. The lowest BCUT2D eigenvalue weighted by molar-refractivity contribution is -0.126. The van der Waals surface area contributed by atoms with E-state index >= 15 is 4.39 Å². The van der Waals surface area contributed by atoms with Gasteiger partial charge in [0.1, 0.15) is 17.3 Å². The van der Waals surface area contributed by atoms with Crippen molar-refractivity contribution < 1.29 is 18.7 Å². The quantitative estimate of drug-likeness (QED) is 0.187. The molecule has 0 radical (unpaired) electrons. The maximum absolute atomic E-state index is 15.5. The van der Waals surface area contributed by atoms with Crippen molar-refractivity contribution in [3.8, 4) is 23.1 Å². The van der Waals surface area contributed by atoms with E-state index in [0.717, 1.165) is 5.57 Å². The van der Waals surface area contributed by atoms with E-state index in [4.69, 9.17) is 34.8 Å². The Kier molecular flexibility index (Phi) is 9.10. The lowest BCUT2D eigenvalue weighted by atomic mass is 9.93. The minimum atomic E-state index is -1.45. The van der Waals surface area contributed by atoms with Crippen molar-refractivity contribution in [2.75, 3.05) is 38.1 Å². The summed E-state index contributed by atoms with van der Waals surface area (Å²) in [6.45, 7) is 10.5. The van der Waals surface area contributed by atoms with E-state index in [1.807, 2.05) is 45.0 Å². The number of amides is 1. The number of pyridine rings is 2. The van der Waals surface area contributed by atoms with Gasteiger partial charge in [0, 0.05) is 38.6 Å². The molecule has 46 heavy (non-hydrogen) atoms. The Morgan fingerprint density at radius 1 is 1.17 bits per heavy atom. The van der Waals surface area contributed by atoms with Gasteiger partial charge in [-0.05, 0) is 42.8 Å². The number of piperazine rings is 1. The molecule has 1 saturated heterocycles. The number of likely N-dealkylation sites (N-methyl/N-ethyl adjacent to an activating group) is 1. The predicted octanol–water partition coefficient (Wildman–Crippen LogP) is 6.43.